The molecule has 0 heterocycles. The van der Waals surface area contributed by atoms with Crippen molar-refractivity contribution in [1.29, 1.82) is 0 Å². The second-order valence-corrected chi connectivity index (χ2v) is 3.47. The zero-order chi connectivity index (χ0) is 12.1. The molecule has 16 heavy (non-hydrogen) atoms. The van der Waals surface area contributed by atoms with Crippen molar-refractivity contribution in [3.8, 4) is 0 Å². The fourth-order valence-electron chi connectivity index (χ4n) is 1.21. The number of ether oxygens (including phenoxy) is 1. The van der Waals surface area contributed by atoms with Crippen molar-refractivity contribution >= 4 is 11.7 Å². The summed E-state index contributed by atoms with van der Waals surface area (Å²) in [7, 11) is 1.28. The summed E-state index contributed by atoms with van der Waals surface area (Å²) in [6.45, 7) is 2.20. The molecule has 4 nitrogen and oxygen atoms in total. The number of hydrogen-bond acceptors (Lipinski definition) is 4. The van der Waals surface area contributed by atoms with Crippen LogP contribution in [0.4, 0.5) is 10.1 Å². The van der Waals surface area contributed by atoms with Gasteiger partial charge in [-0.2, -0.15) is 0 Å². The second-order valence-electron chi connectivity index (χ2n) is 3.47. The normalized spacial score (nSPS) is 12.0. The minimum absolute atomic E-state index is 0.0672. The number of nitrogens with one attached hydrogen (secondary N) is 1. The van der Waals surface area contributed by atoms with Gasteiger partial charge in [0, 0.05) is 12.6 Å². The van der Waals surface area contributed by atoms with E-state index in [0.29, 0.717) is 12.1 Å². The van der Waals surface area contributed by atoms with Crippen LogP contribution in [0.1, 0.15) is 17.3 Å². The van der Waals surface area contributed by atoms with Crippen LogP contribution in [0.3, 0.4) is 0 Å². The van der Waals surface area contributed by atoms with Gasteiger partial charge in [0.1, 0.15) is 5.82 Å². The Kier molecular flexibility index (Phi) is 4.25. The van der Waals surface area contributed by atoms with Gasteiger partial charge in [0.05, 0.1) is 18.4 Å². The SMILES string of the molecule is COC(=O)c1ccc(F)c(NC(C)CN)c1. The molecule has 1 rings (SSSR count). The fourth-order valence-corrected chi connectivity index (χ4v) is 1.21. The number of rotatable bonds is 4. The highest BCUT2D eigenvalue weighted by atomic mass is 19.1. The summed E-state index contributed by atoms with van der Waals surface area (Å²) in [5.41, 5.74) is 5.97. The van der Waals surface area contributed by atoms with Crippen molar-refractivity contribution in [3.63, 3.8) is 0 Å². The largest absolute Gasteiger partial charge is 0.465 e. The summed E-state index contributed by atoms with van der Waals surface area (Å²) in [5.74, 6) is -0.920. The van der Waals surface area contributed by atoms with Crippen molar-refractivity contribution in [2.75, 3.05) is 19.0 Å². The summed E-state index contributed by atoms with van der Waals surface area (Å²) in [6, 6.07) is 3.94. The van der Waals surface area contributed by atoms with Gasteiger partial charge in [-0.25, -0.2) is 9.18 Å². The maximum absolute atomic E-state index is 13.4. The molecule has 88 valence electrons. The first-order valence-electron chi connectivity index (χ1n) is 4.93. The first-order valence-corrected chi connectivity index (χ1v) is 4.93. The molecule has 0 aromatic heterocycles. The molecule has 0 bridgehead atoms. The summed E-state index contributed by atoms with van der Waals surface area (Å²) in [4.78, 5) is 11.2. The van der Waals surface area contributed by atoms with Crippen LogP contribution in [0.25, 0.3) is 0 Å². The van der Waals surface area contributed by atoms with Crippen molar-refractivity contribution < 1.29 is 13.9 Å². The number of methoxy groups -OCH3 is 1. The predicted octanol–water partition coefficient (Wildman–Crippen LogP) is 1.37. The maximum Gasteiger partial charge on any atom is 0.337 e. The van der Waals surface area contributed by atoms with Gasteiger partial charge < -0.3 is 15.8 Å². The van der Waals surface area contributed by atoms with Gasteiger partial charge in [-0.05, 0) is 25.1 Å². The van der Waals surface area contributed by atoms with E-state index in [-0.39, 0.29) is 11.7 Å². The zero-order valence-electron chi connectivity index (χ0n) is 9.29. The van der Waals surface area contributed by atoms with Gasteiger partial charge in [0.25, 0.3) is 0 Å². The summed E-state index contributed by atoms with van der Waals surface area (Å²) >= 11 is 0. The highest BCUT2D eigenvalue weighted by Gasteiger charge is 2.10. The van der Waals surface area contributed by atoms with Crippen LogP contribution in [0.2, 0.25) is 0 Å². The molecule has 1 aromatic carbocycles. The number of anilines is 1. The van der Waals surface area contributed by atoms with Crippen LogP contribution in [-0.4, -0.2) is 25.7 Å². The Morgan fingerprint density at radius 2 is 2.31 bits per heavy atom. The molecule has 1 atom stereocenters. The van der Waals surface area contributed by atoms with Crippen LogP contribution in [-0.2, 0) is 4.74 Å². The molecular weight excluding hydrogens is 211 g/mol. The Balaban J connectivity index is 2.94. The van der Waals surface area contributed by atoms with E-state index >= 15 is 0 Å². The van der Waals surface area contributed by atoms with Gasteiger partial charge in [-0.3, -0.25) is 0 Å². The van der Waals surface area contributed by atoms with Gasteiger partial charge in [0.15, 0.2) is 0 Å². The third kappa shape index (κ3) is 2.93. The van der Waals surface area contributed by atoms with E-state index in [2.05, 4.69) is 10.1 Å². The van der Waals surface area contributed by atoms with Crippen molar-refractivity contribution in [2.45, 2.75) is 13.0 Å². The van der Waals surface area contributed by atoms with E-state index in [4.69, 9.17) is 5.73 Å². The van der Waals surface area contributed by atoms with Crippen molar-refractivity contribution in [3.05, 3.63) is 29.6 Å². The predicted molar refractivity (Wildman–Crippen MR) is 59.9 cm³/mol. The summed E-state index contributed by atoms with van der Waals surface area (Å²) in [5, 5.41) is 2.87. The highest BCUT2D eigenvalue weighted by molar-refractivity contribution is 5.90. The highest BCUT2D eigenvalue weighted by Crippen LogP contribution is 2.17. The van der Waals surface area contributed by atoms with E-state index in [1.54, 1.807) is 0 Å². The smallest absolute Gasteiger partial charge is 0.337 e. The van der Waals surface area contributed by atoms with E-state index in [1.807, 2.05) is 6.92 Å². The molecule has 0 spiro atoms. The van der Waals surface area contributed by atoms with E-state index < -0.39 is 11.8 Å². The Morgan fingerprint density at radius 3 is 2.88 bits per heavy atom. The Bertz CT molecular complexity index is 382. The average Bonchev–Trinajstić information content (AvgIpc) is 2.30. The van der Waals surface area contributed by atoms with Crippen LogP contribution in [0.15, 0.2) is 18.2 Å². The number of carbonyl (C=O) groups excluding carboxylic acids is 1. The number of nitrogens with two attached hydrogens (primary N) is 1. The van der Waals surface area contributed by atoms with Crippen LogP contribution >= 0.6 is 0 Å². The third-order valence-electron chi connectivity index (χ3n) is 2.14. The molecule has 0 saturated carbocycles. The molecule has 0 aliphatic rings. The number of esters is 1. The Morgan fingerprint density at radius 1 is 1.62 bits per heavy atom. The zero-order valence-corrected chi connectivity index (χ0v) is 9.29. The lowest BCUT2D eigenvalue weighted by atomic mass is 10.2. The molecule has 0 fully saturated rings. The van der Waals surface area contributed by atoms with Crippen LogP contribution in [0.5, 0.6) is 0 Å². The average molecular weight is 226 g/mol. The van der Waals surface area contributed by atoms with Gasteiger partial charge in [-0.1, -0.05) is 0 Å². The van der Waals surface area contributed by atoms with Crippen molar-refractivity contribution in [2.24, 2.45) is 5.73 Å². The van der Waals surface area contributed by atoms with E-state index in [9.17, 15) is 9.18 Å². The third-order valence-corrected chi connectivity index (χ3v) is 2.14. The topological polar surface area (TPSA) is 64.3 Å². The molecule has 0 saturated heterocycles. The Hall–Kier alpha value is -1.62. The number of hydrogen-bond donors (Lipinski definition) is 2. The Labute approximate surface area is 93.6 Å². The number of carbonyl (C=O) groups is 1. The molecule has 0 radical (unpaired) electrons. The van der Waals surface area contributed by atoms with Gasteiger partial charge >= 0.3 is 5.97 Å². The molecule has 0 aliphatic carbocycles. The molecule has 0 amide bonds. The quantitative estimate of drug-likeness (QED) is 0.761. The minimum Gasteiger partial charge on any atom is -0.465 e. The lowest BCUT2D eigenvalue weighted by Crippen LogP contribution is -2.25. The molecule has 1 unspecified atom stereocenters. The first-order chi connectivity index (χ1) is 7.58. The lowest BCUT2D eigenvalue weighted by Gasteiger charge is -2.14. The van der Waals surface area contributed by atoms with E-state index in [1.165, 1.54) is 25.3 Å². The maximum atomic E-state index is 13.4. The summed E-state index contributed by atoms with van der Waals surface area (Å²) < 4.78 is 17.9. The standard InChI is InChI=1S/C11H15FN2O2/c1-7(6-13)14-10-5-8(11(15)16-2)3-4-9(10)12/h3-5,7,14H,6,13H2,1-2H3. The monoisotopic (exact) mass is 226 g/mol. The molecular formula is C11H15FN2O2. The van der Waals surface area contributed by atoms with Gasteiger partial charge in [0.2, 0.25) is 0 Å². The first kappa shape index (κ1) is 12.4. The van der Waals surface area contributed by atoms with Crippen molar-refractivity contribution in [1.82, 2.24) is 0 Å². The lowest BCUT2D eigenvalue weighted by molar-refractivity contribution is 0.0600. The van der Waals surface area contributed by atoms with Crippen LogP contribution < -0.4 is 11.1 Å². The van der Waals surface area contributed by atoms with Gasteiger partial charge in [-0.15, -0.1) is 0 Å². The molecule has 5 heteroatoms. The van der Waals surface area contributed by atoms with Crippen LogP contribution in [0, 0.1) is 5.82 Å². The second kappa shape index (κ2) is 5.46. The molecule has 3 N–H and O–H groups in total. The van der Waals surface area contributed by atoms with E-state index in [0.717, 1.165) is 0 Å². The number of halogens is 1. The fraction of sp³-hybridized carbons (Fsp3) is 0.364. The number of benzene rings is 1. The summed E-state index contributed by atoms with van der Waals surface area (Å²) in [6.07, 6.45) is 0. The molecule has 0 aliphatic heterocycles. The minimum atomic E-state index is -0.497. The molecule has 1 aromatic rings.